The third kappa shape index (κ3) is 3.99. The smallest absolute Gasteiger partial charge is 0.246 e. The fourth-order valence-electron chi connectivity index (χ4n) is 3.85. The molecule has 0 atom stereocenters. The minimum absolute atomic E-state index is 0.246. The maximum absolute atomic E-state index is 14.2. The Labute approximate surface area is 176 Å². The summed E-state index contributed by atoms with van der Waals surface area (Å²) in [6.07, 6.45) is 0.920. The fourth-order valence-corrected chi connectivity index (χ4v) is 5.36. The van der Waals surface area contributed by atoms with Crippen LogP contribution in [0, 0.1) is 5.82 Å². The van der Waals surface area contributed by atoms with Gasteiger partial charge in [0.1, 0.15) is 16.5 Å². The van der Waals surface area contributed by atoms with Gasteiger partial charge in [-0.1, -0.05) is 12.1 Å². The first-order valence-corrected chi connectivity index (χ1v) is 11.5. The van der Waals surface area contributed by atoms with Crippen molar-refractivity contribution in [3.63, 3.8) is 0 Å². The van der Waals surface area contributed by atoms with Crippen LogP contribution in [0.3, 0.4) is 0 Å². The van der Waals surface area contributed by atoms with E-state index in [1.165, 1.54) is 28.6 Å². The highest BCUT2D eigenvalue weighted by molar-refractivity contribution is 7.89. The van der Waals surface area contributed by atoms with Crippen molar-refractivity contribution in [2.24, 2.45) is 0 Å². The van der Waals surface area contributed by atoms with Crippen LogP contribution in [0.25, 0.3) is 0 Å². The zero-order valence-electron chi connectivity index (χ0n) is 17.2. The van der Waals surface area contributed by atoms with Crippen molar-refractivity contribution in [2.75, 3.05) is 63.3 Å². The quantitative estimate of drug-likeness (QED) is 0.716. The van der Waals surface area contributed by atoms with Gasteiger partial charge in [-0.05, 0) is 18.6 Å². The van der Waals surface area contributed by atoms with Crippen LogP contribution < -0.4 is 9.80 Å². The van der Waals surface area contributed by atoms with Gasteiger partial charge in [0.25, 0.3) is 0 Å². The minimum Gasteiger partial charge on any atom is -0.378 e. The van der Waals surface area contributed by atoms with Crippen molar-refractivity contribution in [3.8, 4) is 0 Å². The first-order valence-electron chi connectivity index (χ1n) is 10.0. The molecule has 0 unspecified atom stereocenters. The molecule has 4 rings (SSSR count). The Balaban J connectivity index is 1.66. The number of ether oxygens (including phenoxy) is 1. The number of sulfonamides is 1. The topological polar surface area (TPSA) is 78.9 Å². The van der Waals surface area contributed by atoms with Gasteiger partial charge in [-0.25, -0.2) is 17.8 Å². The molecule has 3 heterocycles. The molecule has 1 saturated heterocycles. The van der Waals surface area contributed by atoms with Gasteiger partial charge in [0, 0.05) is 52.3 Å². The molecule has 0 aliphatic carbocycles. The lowest BCUT2D eigenvalue weighted by Gasteiger charge is -2.28. The molecule has 8 nitrogen and oxygen atoms in total. The lowest BCUT2D eigenvalue weighted by Crippen LogP contribution is -2.38. The monoisotopic (exact) mass is 435 g/mol. The number of anilines is 2. The van der Waals surface area contributed by atoms with Gasteiger partial charge in [0.05, 0.1) is 18.9 Å². The van der Waals surface area contributed by atoms with E-state index < -0.39 is 15.8 Å². The van der Waals surface area contributed by atoms with E-state index in [2.05, 4.69) is 4.90 Å². The lowest BCUT2D eigenvalue weighted by molar-refractivity contribution is 0.122. The number of halogens is 1. The zero-order valence-corrected chi connectivity index (χ0v) is 18.0. The Kier molecular flexibility index (Phi) is 5.90. The predicted octanol–water partition coefficient (Wildman–Crippen LogP) is 1.31. The van der Waals surface area contributed by atoms with E-state index in [1.54, 1.807) is 0 Å². The third-order valence-electron chi connectivity index (χ3n) is 5.44. The van der Waals surface area contributed by atoms with Gasteiger partial charge < -0.3 is 14.5 Å². The van der Waals surface area contributed by atoms with Crippen LogP contribution in [0.5, 0.6) is 0 Å². The molecule has 1 aromatic carbocycles. The summed E-state index contributed by atoms with van der Waals surface area (Å²) in [6.45, 7) is 3.21. The van der Waals surface area contributed by atoms with E-state index in [0.29, 0.717) is 32.0 Å². The van der Waals surface area contributed by atoms with Crippen molar-refractivity contribution in [1.29, 1.82) is 0 Å². The molecule has 2 aliphatic heterocycles. The first-order chi connectivity index (χ1) is 14.4. The largest absolute Gasteiger partial charge is 0.378 e. The molecular formula is C20H26FN5O3S. The van der Waals surface area contributed by atoms with Crippen molar-refractivity contribution in [2.45, 2.75) is 17.7 Å². The standard InChI is InChI=1S/C20H26FN5O3S/c1-24(2)19-15-7-9-26(30(27,28)18-6-4-3-5-16(18)21)10-8-17(15)22-20(23-19)25-11-13-29-14-12-25/h3-6H,7-14H2,1-2H3. The van der Waals surface area contributed by atoms with Gasteiger partial charge >= 0.3 is 0 Å². The van der Waals surface area contributed by atoms with Crippen molar-refractivity contribution >= 4 is 21.8 Å². The molecule has 0 amide bonds. The van der Waals surface area contributed by atoms with E-state index >= 15 is 0 Å². The second kappa shape index (κ2) is 8.44. The van der Waals surface area contributed by atoms with Crippen molar-refractivity contribution in [1.82, 2.24) is 14.3 Å². The van der Waals surface area contributed by atoms with Gasteiger partial charge in [0.2, 0.25) is 16.0 Å². The second-order valence-corrected chi connectivity index (χ2v) is 9.51. The lowest BCUT2D eigenvalue weighted by atomic mass is 10.1. The molecule has 0 spiro atoms. The summed E-state index contributed by atoms with van der Waals surface area (Å²) < 4.78 is 47.1. The summed E-state index contributed by atoms with van der Waals surface area (Å²) in [5.41, 5.74) is 1.80. The maximum Gasteiger partial charge on any atom is 0.246 e. The first kappa shape index (κ1) is 21.0. The van der Waals surface area contributed by atoms with Crippen LogP contribution in [-0.2, 0) is 27.6 Å². The van der Waals surface area contributed by atoms with E-state index in [-0.39, 0.29) is 18.0 Å². The number of nitrogens with zero attached hydrogens (tertiary/aromatic N) is 5. The highest BCUT2D eigenvalue weighted by Crippen LogP contribution is 2.28. The molecule has 1 fully saturated rings. The molecule has 0 radical (unpaired) electrons. The summed E-state index contributed by atoms with van der Waals surface area (Å²) in [7, 11) is -0.0857. The maximum atomic E-state index is 14.2. The van der Waals surface area contributed by atoms with Gasteiger partial charge in [-0.2, -0.15) is 9.29 Å². The molecule has 162 valence electrons. The van der Waals surface area contributed by atoms with Crippen molar-refractivity contribution < 1.29 is 17.5 Å². The predicted molar refractivity (Wildman–Crippen MR) is 112 cm³/mol. The number of benzene rings is 1. The molecule has 30 heavy (non-hydrogen) atoms. The Hall–Kier alpha value is -2.30. The van der Waals surface area contributed by atoms with Gasteiger partial charge in [-0.15, -0.1) is 0 Å². The van der Waals surface area contributed by atoms with E-state index in [9.17, 15) is 12.8 Å². The zero-order chi connectivity index (χ0) is 21.3. The number of hydrogen-bond donors (Lipinski definition) is 0. The normalized spacial score (nSPS) is 18.0. The molecule has 2 aromatic rings. The molecule has 2 aliphatic rings. The molecule has 0 bridgehead atoms. The summed E-state index contributed by atoms with van der Waals surface area (Å²) >= 11 is 0. The highest BCUT2D eigenvalue weighted by atomic mass is 32.2. The van der Waals surface area contributed by atoms with Gasteiger partial charge in [-0.3, -0.25) is 0 Å². The van der Waals surface area contributed by atoms with Crippen LogP contribution in [-0.4, -0.2) is 76.2 Å². The number of hydrogen-bond acceptors (Lipinski definition) is 7. The SMILES string of the molecule is CN(C)c1nc(N2CCOCC2)nc2c1CCN(S(=O)(=O)c1ccccc1F)CC2. The van der Waals surface area contributed by atoms with Crippen LogP contribution in [0.15, 0.2) is 29.2 Å². The van der Waals surface area contributed by atoms with Crippen LogP contribution in [0.1, 0.15) is 11.3 Å². The molecule has 1 aromatic heterocycles. The Bertz CT molecular complexity index is 1030. The van der Waals surface area contributed by atoms with E-state index in [4.69, 9.17) is 14.7 Å². The van der Waals surface area contributed by atoms with Crippen LogP contribution >= 0.6 is 0 Å². The molecule has 0 N–H and O–H groups in total. The summed E-state index contributed by atoms with van der Waals surface area (Å²) in [5.74, 6) is 0.709. The number of rotatable bonds is 4. The summed E-state index contributed by atoms with van der Waals surface area (Å²) in [6, 6.07) is 5.50. The molecular weight excluding hydrogens is 409 g/mol. The summed E-state index contributed by atoms with van der Waals surface area (Å²) in [5, 5.41) is 0. The Morgan fingerprint density at radius 2 is 1.73 bits per heavy atom. The van der Waals surface area contributed by atoms with Crippen LogP contribution in [0.4, 0.5) is 16.2 Å². The number of fused-ring (bicyclic) bond motifs is 1. The van der Waals surface area contributed by atoms with Gasteiger partial charge in [0.15, 0.2) is 0 Å². The number of morpholine rings is 1. The fraction of sp³-hybridized carbons (Fsp3) is 0.500. The van der Waals surface area contributed by atoms with E-state index in [1.807, 2.05) is 19.0 Å². The Morgan fingerprint density at radius 3 is 2.43 bits per heavy atom. The average Bonchev–Trinajstić information content (AvgIpc) is 2.97. The third-order valence-corrected chi connectivity index (χ3v) is 7.37. The Morgan fingerprint density at radius 1 is 1.03 bits per heavy atom. The van der Waals surface area contributed by atoms with E-state index in [0.717, 1.165) is 30.2 Å². The van der Waals surface area contributed by atoms with Crippen LogP contribution in [0.2, 0.25) is 0 Å². The second-order valence-electron chi connectivity index (χ2n) is 7.60. The minimum atomic E-state index is -3.93. The molecule has 10 heteroatoms. The molecule has 0 saturated carbocycles. The number of aromatic nitrogens is 2. The highest BCUT2D eigenvalue weighted by Gasteiger charge is 2.31. The average molecular weight is 436 g/mol. The summed E-state index contributed by atoms with van der Waals surface area (Å²) in [4.78, 5) is 13.3. The van der Waals surface area contributed by atoms with Crippen molar-refractivity contribution in [3.05, 3.63) is 41.3 Å².